The summed E-state index contributed by atoms with van der Waals surface area (Å²) in [5.41, 5.74) is 3.50. The molecule has 1 aliphatic rings. The Bertz CT molecular complexity index is 1060. The van der Waals surface area contributed by atoms with Gasteiger partial charge in [0.15, 0.2) is 0 Å². The molecule has 0 atom stereocenters. The minimum Gasteiger partial charge on any atom is -0.494 e. The zero-order valence-electron chi connectivity index (χ0n) is 19.5. The van der Waals surface area contributed by atoms with E-state index in [1.165, 1.54) is 4.31 Å². The smallest absolute Gasteiger partial charge is 0.243 e. The van der Waals surface area contributed by atoms with Crippen molar-refractivity contribution in [3.63, 3.8) is 0 Å². The number of hydrogen-bond acceptors (Lipinski definition) is 4. The number of sulfonamides is 1. The summed E-state index contributed by atoms with van der Waals surface area (Å²) < 4.78 is 33.4. The van der Waals surface area contributed by atoms with Crippen molar-refractivity contribution < 1.29 is 17.9 Å². The average molecular weight is 459 g/mol. The summed E-state index contributed by atoms with van der Waals surface area (Å²) in [4.78, 5) is 13.2. The van der Waals surface area contributed by atoms with Crippen LogP contribution in [0.5, 0.6) is 5.75 Å². The van der Waals surface area contributed by atoms with Crippen molar-refractivity contribution in [3.05, 3.63) is 53.1 Å². The Morgan fingerprint density at radius 1 is 1.06 bits per heavy atom. The number of carbonyl (C=O) groups is 1. The predicted molar refractivity (Wildman–Crippen MR) is 128 cm³/mol. The van der Waals surface area contributed by atoms with Gasteiger partial charge < -0.3 is 10.1 Å². The summed E-state index contributed by atoms with van der Waals surface area (Å²) in [6.07, 6.45) is 3.10. The average Bonchev–Trinajstić information content (AvgIpc) is 2.75. The highest BCUT2D eigenvalue weighted by atomic mass is 32.2. The van der Waals surface area contributed by atoms with Crippen LogP contribution in [0.4, 0.5) is 5.69 Å². The molecule has 32 heavy (non-hydrogen) atoms. The molecule has 1 amide bonds. The molecule has 0 unspecified atom stereocenters. The van der Waals surface area contributed by atoms with E-state index in [0.29, 0.717) is 37.4 Å². The molecule has 3 rings (SSSR count). The summed E-state index contributed by atoms with van der Waals surface area (Å²) in [5.74, 6) is 0.538. The molecule has 0 spiro atoms. The van der Waals surface area contributed by atoms with E-state index in [9.17, 15) is 13.2 Å². The maximum Gasteiger partial charge on any atom is 0.243 e. The Morgan fingerprint density at radius 3 is 2.41 bits per heavy atom. The summed E-state index contributed by atoms with van der Waals surface area (Å²) >= 11 is 0. The van der Waals surface area contributed by atoms with Gasteiger partial charge >= 0.3 is 0 Å². The summed E-state index contributed by atoms with van der Waals surface area (Å²) in [6, 6.07) is 11.1. The van der Waals surface area contributed by atoms with Gasteiger partial charge in [-0.25, -0.2) is 8.42 Å². The molecule has 2 aromatic carbocycles. The maximum atomic E-state index is 13.1. The first-order chi connectivity index (χ1) is 15.2. The summed E-state index contributed by atoms with van der Waals surface area (Å²) in [5, 5.41) is 3.01. The van der Waals surface area contributed by atoms with Gasteiger partial charge in [0, 0.05) is 24.7 Å². The molecule has 1 fully saturated rings. The van der Waals surface area contributed by atoms with E-state index in [2.05, 4.69) is 12.2 Å². The fourth-order valence-corrected chi connectivity index (χ4v) is 5.70. The first kappa shape index (κ1) is 24.3. The number of anilines is 1. The third-order valence-electron chi connectivity index (χ3n) is 6.00. The molecule has 0 radical (unpaired) electrons. The second kappa shape index (κ2) is 10.5. The van der Waals surface area contributed by atoms with E-state index in [1.54, 1.807) is 6.07 Å². The number of aryl methyl sites for hydroxylation is 3. The van der Waals surface area contributed by atoms with E-state index >= 15 is 0 Å². The first-order valence-electron chi connectivity index (χ1n) is 11.3. The number of ether oxygens (including phenoxy) is 1. The minimum absolute atomic E-state index is 0.0590. The van der Waals surface area contributed by atoms with Crippen LogP contribution in [0.25, 0.3) is 0 Å². The van der Waals surface area contributed by atoms with Crippen LogP contribution in [-0.4, -0.2) is 38.3 Å². The first-order valence-corrected chi connectivity index (χ1v) is 12.8. The van der Waals surface area contributed by atoms with Gasteiger partial charge in [0.25, 0.3) is 0 Å². The Morgan fingerprint density at radius 2 is 1.78 bits per heavy atom. The number of rotatable bonds is 8. The van der Waals surface area contributed by atoms with Crippen molar-refractivity contribution in [2.75, 3.05) is 25.0 Å². The van der Waals surface area contributed by atoms with Crippen LogP contribution in [0.15, 0.2) is 41.3 Å². The molecule has 1 N–H and O–H groups in total. The molecule has 1 heterocycles. The molecular formula is C25H34N2O4S. The van der Waals surface area contributed by atoms with Crippen LogP contribution < -0.4 is 10.1 Å². The lowest BCUT2D eigenvalue weighted by Gasteiger charge is -2.31. The van der Waals surface area contributed by atoms with E-state index in [1.807, 2.05) is 51.1 Å². The normalized spacial score (nSPS) is 15.5. The highest BCUT2D eigenvalue weighted by molar-refractivity contribution is 7.89. The van der Waals surface area contributed by atoms with Crippen LogP contribution in [-0.2, 0) is 14.8 Å². The number of nitrogens with one attached hydrogen (secondary N) is 1. The van der Waals surface area contributed by atoms with Crippen LogP contribution in [0.1, 0.15) is 49.3 Å². The van der Waals surface area contributed by atoms with Crippen LogP contribution in [0.3, 0.4) is 0 Å². The van der Waals surface area contributed by atoms with Gasteiger partial charge in [-0.1, -0.05) is 31.0 Å². The molecule has 1 aliphatic heterocycles. The zero-order chi connectivity index (χ0) is 23.3. The van der Waals surface area contributed by atoms with Crippen molar-refractivity contribution in [1.29, 1.82) is 0 Å². The third-order valence-corrected chi connectivity index (χ3v) is 8.05. The molecule has 1 saturated heterocycles. The van der Waals surface area contributed by atoms with Gasteiger partial charge in [0.05, 0.1) is 11.5 Å². The highest BCUT2D eigenvalue weighted by Crippen LogP contribution is 2.28. The highest BCUT2D eigenvalue weighted by Gasteiger charge is 2.33. The Hall–Kier alpha value is -2.38. The largest absolute Gasteiger partial charge is 0.494 e. The Balaban J connectivity index is 1.58. The molecule has 0 bridgehead atoms. The zero-order valence-corrected chi connectivity index (χ0v) is 20.3. The number of hydrogen-bond donors (Lipinski definition) is 1. The third kappa shape index (κ3) is 5.70. The minimum atomic E-state index is -3.55. The standard InChI is InChI=1S/C25H34N2O4S/c1-5-6-15-31-22-8-9-23(19(3)17-22)26-25(28)21-11-13-27(14-12-21)32(29,30)24-10-7-18(2)16-20(24)4/h7-10,16-17,21H,5-6,11-15H2,1-4H3,(H,26,28). The fourth-order valence-electron chi connectivity index (χ4n) is 4.02. The van der Waals surface area contributed by atoms with Crippen LogP contribution in [0, 0.1) is 26.7 Å². The monoisotopic (exact) mass is 458 g/mol. The molecule has 174 valence electrons. The lowest BCUT2D eigenvalue weighted by molar-refractivity contribution is -0.120. The van der Waals surface area contributed by atoms with Gasteiger partial charge in [-0.3, -0.25) is 4.79 Å². The quantitative estimate of drug-likeness (QED) is 0.575. The second-order valence-corrected chi connectivity index (χ2v) is 10.5. The number of amides is 1. The molecule has 0 aromatic heterocycles. The number of benzene rings is 2. The van der Waals surface area contributed by atoms with Gasteiger partial charge in [-0.2, -0.15) is 4.31 Å². The second-order valence-electron chi connectivity index (χ2n) is 8.62. The summed E-state index contributed by atoms with van der Waals surface area (Å²) in [6.45, 7) is 9.21. The van der Waals surface area contributed by atoms with Gasteiger partial charge in [-0.05, 0) is 75.4 Å². The topological polar surface area (TPSA) is 75.7 Å². The number of carbonyl (C=O) groups excluding carboxylic acids is 1. The SMILES string of the molecule is CCCCOc1ccc(NC(=O)C2CCN(S(=O)(=O)c3ccc(C)cc3C)CC2)c(C)c1. The predicted octanol–water partition coefficient (Wildman–Crippen LogP) is 4.83. The Kier molecular flexibility index (Phi) is 7.96. The van der Waals surface area contributed by atoms with Crippen LogP contribution in [0.2, 0.25) is 0 Å². The van der Waals surface area contributed by atoms with E-state index in [4.69, 9.17) is 4.74 Å². The van der Waals surface area contributed by atoms with E-state index < -0.39 is 10.0 Å². The number of nitrogens with zero attached hydrogens (tertiary/aromatic N) is 1. The molecule has 0 aliphatic carbocycles. The lowest BCUT2D eigenvalue weighted by Crippen LogP contribution is -2.41. The Labute approximate surface area is 192 Å². The van der Waals surface area contributed by atoms with Crippen molar-refractivity contribution >= 4 is 21.6 Å². The summed E-state index contributed by atoms with van der Waals surface area (Å²) in [7, 11) is -3.55. The number of piperidine rings is 1. The van der Waals surface area contributed by atoms with E-state index in [0.717, 1.165) is 41.0 Å². The van der Waals surface area contributed by atoms with Crippen LogP contribution >= 0.6 is 0 Å². The van der Waals surface area contributed by atoms with Gasteiger partial charge in [-0.15, -0.1) is 0 Å². The fraction of sp³-hybridized carbons (Fsp3) is 0.480. The molecular weight excluding hydrogens is 424 g/mol. The van der Waals surface area contributed by atoms with Gasteiger partial charge in [0.2, 0.25) is 15.9 Å². The molecule has 6 nitrogen and oxygen atoms in total. The lowest BCUT2D eigenvalue weighted by atomic mass is 9.97. The number of unbranched alkanes of at least 4 members (excludes halogenated alkanes) is 1. The van der Waals surface area contributed by atoms with E-state index in [-0.39, 0.29) is 11.8 Å². The van der Waals surface area contributed by atoms with Crippen molar-refractivity contribution in [2.24, 2.45) is 5.92 Å². The van der Waals surface area contributed by atoms with Crippen molar-refractivity contribution in [3.8, 4) is 5.75 Å². The molecule has 2 aromatic rings. The molecule has 0 saturated carbocycles. The maximum absolute atomic E-state index is 13.1. The molecule has 7 heteroatoms. The van der Waals surface area contributed by atoms with Gasteiger partial charge in [0.1, 0.15) is 5.75 Å². The van der Waals surface area contributed by atoms with Crippen molar-refractivity contribution in [2.45, 2.75) is 58.3 Å². The van der Waals surface area contributed by atoms with Crippen molar-refractivity contribution in [1.82, 2.24) is 4.31 Å².